The van der Waals surface area contributed by atoms with Crippen molar-refractivity contribution in [3.05, 3.63) is 53.6 Å². The number of fused-ring (bicyclic) bond motifs is 1. The zero-order valence-corrected chi connectivity index (χ0v) is 12.8. The molecule has 122 valence electrons. The van der Waals surface area contributed by atoms with Crippen LogP contribution in [0.5, 0.6) is 0 Å². The largest absolute Gasteiger partial charge is 0.368 e. The van der Waals surface area contributed by atoms with E-state index in [-0.39, 0.29) is 12.4 Å². The number of nitrogens with zero attached hydrogens (tertiary/aromatic N) is 3. The summed E-state index contributed by atoms with van der Waals surface area (Å²) in [5.74, 6) is -1.07. The van der Waals surface area contributed by atoms with Gasteiger partial charge in [-0.15, -0.1) is 0 Å². The molecule has 2 heterocycles. The Morgan fingerprint density at radius 3 is 2.83 bits per heavy atom. The van der Waals surface area contributed by atoms with Crippen LogP contribution in [0.3, 0.4) is 0 Å². The molecule has 3 aromatic rings. The zero-order valence-electron chi connectivity index (χ0n) is 12.8. The molecule has 1 aromatic carbocycles. The van der Waals surface area contributed by atoms with Crippen LogP contribution in [-0.4, -0.2) is 26.6 Å². The lowest BCUT2D eigenvalue weighted by Gasteiger charge is -2.08. The molecule has 0 radical (unpaired) electrons. The lowest BCUT2D eigenvalue weighted by atomic mass is 10.1. The molecular formula is C16H14FN5O2. The number of benzene rings is 1. The molecule has 0 atom stereocenters. The predicted molar refractivity (Wildman–Crippen MR) is 85.8 cm³/mol. The van der Waals surface area contributed by atoms with E-state index < -0.39 is 17.6 Å². The van der Waals surface area contributed by atoms with Gasteiger partial charge in [0.1, 0.15) is 12.4 Å². The Morgan fingerprint density at radius 2 is 2.08 bits per heavy atom. The van der Waals surface area contributed by atoms with Gasteiger partial charge in [0, 0.05) is 29.4 Å². The number of rotatable bonds is 4. The Balaban J connectivity index is 1.91. The normalized spacial score (nSPS) is 10.8. The lowest BCUT2D eigenvalue weighted by molar-refractivity contribution is -0.118. The number of anilines is 1. The van der Waals surface area contributed by atoms with Gasteiger partial charge in [-0.3, -0.25) is 19.3 Å². The highest BCUT2D eigenvalue weighted by molar-refractivity contribution is 6.12. The summed E-state index contributed by atoms with van der Waals surface area (Å²) in [6, 6.07) is 7.24. The van der Waals surface area contributed by atoms with Crippen molar-refractivity contribution in [2.24, 2.45) is 5.73 Å². The van der Waals surface area contributed by atoms with Crippen LogP contribution in [0, 0.1) is 12.7 Å². The van der Waals surface area contributed by atoms with Crippen LogP contribution in [0.4, 0.5) is 10.2 Å². The van der Waals surface area contributed by atoms with Crippen molar-refractivity contribution in [3.63, 3.8) is 0 Å². The molecule has 0 bridgehead atoms. The van der Waals surface area contributed by atoms with Crippen LogP contribution in [0.2, 0.25) is 0 Å². The van der Waals surface area contributed by atoms with Crippen molar-refractivity contribution in [3.8, 4) is 0 Å². The summed E-state index contributed by atoms with van der Waals surface area (Å²) in [7, 11) is 0. The second kappa shape index (κ2) is 6.07. The average molecular weight is 327 g/mol. The fourth-order valence-corrected chi connectivity index (χ4v) is 2.38. The molecule has 0 unspecified atom stereocenters. The fraction of sp³-hybridized carbons (Fsp3) is 0.125. The van der Waals surface area contributed by atoms with E-state index in [1.807, 2.05) is 0 Å². The molecule has 3 rings (SSSR count). The summed E-state index contributed by atoms with van der Waals surface area (Å²) in [4.78, 5) is 27.6. The molecule has 0 saturated heterocycles. The summed E-state index contributed by atoms with van der Waals surface area (Å²) in [6.45, 7) is 1.65. The zero-order chi connectivity index (χ0) is 17.3. The fourth-order valence-electron chi connectivity index (χ4n) is 2.38. The van der Waals surface area contributed by atoms with E-state index in [1.54, 1.807) is 19.1 Å². The Hall–Kier alpha value is -3.29. The van der Waals surface area contributed by atoms with Gasteiger partial charge in [-0.05, 0) is 25.1 Å². The van der Waals surface area contributed by atoms with E-state index in [4.69, 9.17) is 5.73 Å². The molecule has 3 N–H and O–H groups in total. The Morgan fingerprint density at radius 1 is 1.29 bits per heavy atom. The van der Waals surface area contributed by atoms with Gasteiger partial charge in [0.2, 0.25) is 5.91 Å². The highest BCUT2D eigenvalue weighted by Crippen LogP contribution is 2.20. The Bertz CT molecular complexity index is 946. The average Bonchev–Trinajstić information content (AvgIpc) is 2.92. The van der Waals surface area contributed by atoms with Gasteiger partial charge in [0.15, 0.2) is 5.82 Å². The number of aryl methyl sites for hydroxylation is 1. The summed E-state index contributed by atoms with van der Waals surface area (Å²) in [5, 5.41) is 7.22. The van der Waals surface area contributed by atoms with E-state index >= 15 is 0 Å². The summed E-state index contributed by atoms with van der Waals surface area (Å²) in [5.41, 5.74) is 6.45. The number of amides is 2. The minimum atomic E-state index is -0.534. The first kappa shape index (κ1) is 15.6. The molecular weight excluding hydrogens is 313 g/mol. The predicted octanol–water partition coefficient (Wildman–Crippen LogP) is 1.62. The summed E-state index contributed by atoms with van der Waals surface area (Å²) < 4.78 is 14.7. The molecule has 0 aliphatic heterocycles. The van der Waals surface area contributed by atoms with Crippen LogP contribution in [0.15, 0.2) is 36.5 Å². The summed E-state index contributed by atoms with van der Waals surface area (Å²) in [6.07, 6.45) is 1.53. The number of carbonyl (C=O) groups is 2. The molecule has 8 heteroatoms. The molecule has 2 amide bonds. The van der Waals surface area contributed by atoms with Crippen molar-refractivity contribution in [2.45, 2.75) is 13.5 Å². The van der Waals surface area contributed by atoms with Gasteiger partial charge < -0.3 is 11.1 Å². The number of hydrogen-bond acceptors (Lipinski definition) is 4. The maximum atomic E-state index is 13.4. The topological polar surface area (TPSA) is 103 Å². The Kier molecular flexibility index (Phi) is 3.95. The van der Waals surface area contributed by atoms with E-state index in [1.165, 1.54) is 29.1 Å². The third-order valence-corrected chi connectivity index (χ3v) is 3.34. The Labute approximate surface area is 136 Å². The van der Waals surface area contributed by atoms with E-state index in [2.05, 4.69) is 15.4 Å². The van der Waals surface area contributed by atoms with Crippen LogP contribution in [0.25, 0.3) is 10.9 Å². The van der Waals surface area contributed by atoms with Gasteiger partial charge in [-0.25, -0.2) is 4.39 Å². The monoisotopic (exact) mass is 327 g/mol. The van der Waals surface area contributed by atoms with Crippen molar-refractivity contribution in [2.75, 3.05) is 5.32 Å². The number of nitrogens with two attached hydrogens (primary N) is 1. The number of carbonyl (C=O) groups excluding carboxylic acids is 2. The number of pyridine rings is 1. The van der Waals surface area contributed by atoms with Gasteiger partial charge in [0.25, 0.3) is 5.91 Å². The maximum Gasteiger partial charge on any atom is 0.257 e. The van der Waals surface area contributed by atoms with Gasteiger partial charge in [-0.2, -0.15) is 5.10 Å². The third kappa shape index (κ3) is 3.22. The van der Waals surface area contributed by atoms with Gasteiger partial charge >= 0.3 is 0 Å². The molecule has 0 aliphatic rings. The number of nitrogens with one attached hydrogen (secondary N) is 1. The minimum Gasteiger partial charge on any atom is -0.368 e. The second-order valence-corrected chi connectivity index (χ2v) is 5.29. The molecule has 0 saturated carbocycles. The van der Waals surface area contributed by atoms with Crippen LogP contribution in [0.1, 0.15) is 16.1 Å². The SMILES string of the molecule is Cc1cc(C(=O)Nc2ccn(CC(N)=O)n2)c2ccc(F)cc2n1. The van der Waals surface area contributed by atoms with Gasteiger partial charge in [0.05, 0.1) is 11.1 Å². The van der Waals surface area contributed by atoms with Crippen molar-refractivity contribution >= 4 is 28.5 Å². The van der Waals surface area contributed by atoms with Crippen molar-refractivity contribution in [1.29, 1.82) is 0 Å². The van der Waals surface area contributed by atoms with Crippen molar-refractivity contribution < 1.29 is 14.0 Å². The molecule has 0 aliphatic carbocycles. The number of primary amides is 1. The second-order valence-electron chi connectivity index (χ2n) is 5.29. The summed E-state index contributed by atoms with van der Waals surface area (Å²) >= 11 is 0. The molecule has 2 aromatic heterocycles. The maximum absolute atomic E-state index is 13.4. The first-order valence-electron chi connectivity index (χ1n) is 7.12. The van der Waals surface area contributed by atoms with Crippen LogP contribution < -0.4 is 11.1 Å². The van der Waals surface area contributed by atoms with E-state index in [0.717, 1.165) is 0 Å². The van der Waals surface area contributed by atoms with Crippen molar-refractivity contribution in [1.82, 2.24) is 14.8 Å². The number of halogens is 1. The van der Waals surface area contributed by atoms with E-state index in [0.29, 0.717) is 22.2 Å². The lowest BCUT2D eigenvalue weighted by Crippen LogP contribution is -2.19. The standard InChI is InChI=1S/C16H14FN5O2/c1-9-6-12(11-3-2-10(17)7-13(11)19-9)16(24)20-15-4-5-22(21-15)8-14(18)23/h2-7H,8H2,1H3,(H2,18,23)(H,20,21,24). The quantitative estimate of drug-likeness (QED) is 0.760. The molecule has 24 heavy (non-hydrogen) atoms. The highest BCUT2D eigenvalue weighted by atomic mass is 19.1. The minimum absolute atomic E-state index is 0.0769. The molecule has 0 fully saturated rings. The van der Waals surface area contributed by atoms with E-state index in [9.17, 15) is 14.0 Å². The number of hydrogen-bond donors (Lipinski definition) is 2. The van der Waals surface area contributed by atoms with Crippen LogP contribution in [-0.2, 0) is 11.3 Å². The molecule has 7 nitrogen and oxygen atoms in total. The van der Waals surface area contributed by atoms with Crippen LogP contribution >= 0.6 is 0 Å². The van der Waals surface area contributed by atoms with Gasteiger partial charge in [-0.1, -0.05) is 0 Å². The highest BCUT2D eigenvalue weighted by Gasteiger charge is 2.14. The third-order valence-electron chi connectivity index (χ3n) is 3.34. The first-order chi connectivity index (χ1) is 11.4. The molecule has 0 spiro atoms. The number of aromatic nitrogens is 3. The smallest absolute Gasteiger partial charge is 0.257 e. The first-order valence-corrected chi connectivity index (χ1v) is 7.12.